The lowest BCUT2D eigenvalue weighted by Crippen LogP contribution is -2.27. The van der Waals surface area contributed by atoms with Gasteiger partial charge in [0.1, 0.15) is 0 Å². The molecule has 3 rings (SSSR count). The molecule has 0 aliphatic rings. The molecule has 0 saturated heterocycles. The van der Waals surface area contributed by atoms with E-state index < -0.39 is 0 Å². The van der Waals surface area contributed by atoms with E-state index in [1.165, 1.54) is 10.4 Å². The number of likely N-dealkylation sites (N-methyl/N-ethyl adjacent to an activating group) is 1. The standard InChI is InChI=1S/C18H24N4S/c1-3-21(4-2)11-12-22-17-10-6-5-9-16(17)20-18(22)19-14-15-8-7-13-23-15/h5-10,13H,3-4,11-12,14H2,1-2H3,(H,19,20). The van der Waals surface area contributed by atoms with Crippen LogP contribution in [0.15, 0.2) is 41.8 Å². The van der Waals surface area contributed by atoms with Gasteiger partial charge in [0, 0.05) is 18.0 Å². The molecular weight excluding hydrogens is 304 g/mol. The minimum atomic E-state index is 0.826. The van der Waals surface area contributed by atoms with Gasteiger partial charge in [0.2, 0.25) is 5.95 Å². The maximum Gasteiger partial charge on any atom is 0.204 e. The minimum absolute atomic E-state index is 0.826. The van der Waals surface area contributed by atoms with Gasteiger partial charge in [0.25, 0.3) is 0 Å². The van der Waals surface area contributed by atoms with Crippen LogP contribution in [0, 0.1) is 0 Å². The number of nitrogens with zero attached hydrogens (tertiary/aromatic N) is 3. The fourth-order valence-electron chi connectivity index (χ4n) is 2.80. The molecule has 122 valence electrons. The van der Waals surface area contributed by atoms with Gasteiger partial charge < -0.3 is 14.8 Å². The van der Waals surface area contributed by atoms with E-state index in [0.717, 1.165) is 44.2 Å². The van der Waals surface area contributed by atoms with Crippen molar-refractivity contribution in [2.24, 2.45) is 0 Å². The summed E-state index contributed by atoms with van der Waals surface area (Å²) >= 11 is 1.77. The number of benzene rings is 1. The topological polar surface area (TPSA) is 33.1 Å². The van der Waals surface area contributed by atoms with Gasteiger partial charge in [-0.2, -0.15) is 0 Å². The molecule has 0 spiro atoms. The van der Waals surface area contributed by atoms with Gasteiger partial charge >= 0.3 is 0 Å². The molecular formula is C18H24N4S. The Morgan fingerprint density at radius 3 is 2.70 bits per heavy atom. The van der Waals surface area contributed by atoms with E-state index in [9.17, 15) is 0 Å². The highest BCUT2D eigenvalue weighted by Crippen LogP contribution is 2.21. The Morgan fingerprint density at radius 1 is 1.13 bits per heavy atom. The lowest BCUT2D eigenvalue weighted by atomic mass is 10.3. The molecule has 0 fully saturated rings. The van der Waals surface area contributed by atoms with Crippen molar-refractivity contribution < 1.29 is 0 Å². The molecule has 2 aromatic heterocycles. The Labute approximate surface area is 141 Å². The number of para-hydroxylation sites is 2. The largest absolute Gasteiger partial charge is 0.351 e. The average molecular weight is 328 g/mol. The van der Waals surface area contributed by atoms with E-state index in [1.807, 2.05) is 6.07 Å². The van der Waals surface area contributed by atoms with E-state index in [1.54, 1.807) is 11.3 Å². The minimum Gasteiger partial charge on any atom is -0.351 e. The summed E-state index contributed by atoms with van der Waals surface area (Å²) < 4.78 is 2.31. The monoisotopic (exact) mass is 328 g/mol. The highest BCUT2D eigenvalue weighted by atomic mass is 32.1. The highest BCUT2D eigenvalue weighted by molar-refractivity contribution is 7.09. The fourth-order valence-corrected chi connectivity index (χ4v) is 3.44. The van der Waals surface area contributed by atoms with E-state index in [-0.39, 0.29) is 0 Å². The van der Waals surface area contributed by atoms with Gasteiger partial charge in [-0.1, -0.05) is 32.0 Å². The quantitative estimate of drug-likeness (QED) is 0.677. The normalized spacial score (nSPS) is 11.4. The Kier molecular flexibility index (Phi) is 5.31. The lowest BCUT2D eigenvalue weighted by Gasteiger charge is -2.19. The average Bonchev–Trinajstić information content (AvgIpc) is 3.21. The number of fused-ring (bicyclic) bond motifs is 1. The SMILES string of the molecule is CCN(CC)CCn1c(NCc2cccs2)nc2ccccc21. The molecule has 0 radical (unpaired) electrons. The number of nitrogens with one attached hydrogen (secondary N) is 1. The van der Waals surface area contributed by atoms with Crippen molar-refractivity contribution in [2.75, 3.05) is 25.0 Å². The number of thiophene rings is 1. The summed E-state index contributed by atoms with van der Waals surface area (Å²) in [5.74, 6) is 0.965. The maximum absolute atomic E-state index is 4.78. The first-order chi connectivity index (χ1) is 11.3. The van der Waals surface area contributed by atoms with Gasteiger partial charge in [-0.05, 0) is 36.7 Å². The summed E-state index contributed by atoms with van der Waals surface area (Å²) in [5.41, 5.74) is 2.26. The van der Waals surface area contributed by atoms with Gasteiger partial charge in [-0.3, -0.25) is 0 Å². The molecule has 0 saturated carbocycles. The lowest BCUT2D eigenvalue weighted by molar-refractivity contribution is 0.292. The first kappa shape index (κ1) is 16.0. The number of hydrogen-bond donors (Lipinski definition) is 1. The molecule has 2 heterocycles. The zero-order valence-electron chi connectivity index (χ0n) is 13.8. The Balaban J connectivity index is 1.82. The molecule has 0 bridgehead atoms. The zero-order valence-corrected chi connectivity index (χ0v) is 14.6. The first-order valence-electron chi connectivity index (χ1n) is 8.25. The third kappa shape index (κ3) is 3.74. The van der Waals surface area contributed by atoms with Crippen LogP contribution in [0.2, 0.25) is 0 Å². The molecule has 1 aromatic carbocycles. The summed E-state index contributed by atoms with van der Waals surface area (Å²) in [6.45, 7) is 9.42. The van der Waals surface area contributed by atoms with Gasteiger partial charge in [0.05, 0.1) is 17.6 Å². The maximum atomic E-state index is 4.78. The number of anilines is 1. The molecule has 0 unspecified atom stereocenters. The summed E-state index contributed by atoms with van der Waals surface area (Å²) in [5, 5.41) is 5.62. The van der Waals surface area contributed by atoms with E-state index >= 15 is 0 Å². The van der Waals surface area contributed by atoms with Crippen molar-refractivity contribution >= 4 is 28.3 Å². The van der Waals surface area contributed by atoms with Crippen LogP contribution in [-0.4, -0.2) is 34.1 Å². The van der Waals surface area contributed by atoms with Crippen LogP contribution in [0.5, 0.6) is 0 Å². The molecule has 0 amide bonds. The zero-order chi connectivity index (χ0) is 16.1. The van der Waals surface area contributed by atoms with E-state index in [0.29, 0.717) is 0 Å². The van der Waals surface area contributed by atoms with Gasteiger partial charge in [-0.25, -0.2) is 4.98 Å². The molecule has 0 aliphatic heterocycles. The molecule has 0 atom stereocenters. The smallest absolute Gasteiger partial charge is 0.204 e. The predicted octanol–water partition coefficient (Wildman–Crippen LogP) is 4.05. The van der Waals surface area contributed by atoms with Crippen LogP contribution in [0.4, 0.5) is 5.95 Å². The third-order valence-electron chi connectivity index (χ3n) is 4.19. The molecule has 5 heteroatoms. The molecule has 3 aromatic rings. The van der Waals surface area contributed by atoms with Crippen molar-refractivity contribution in [2.45, 2.75) is 26.9 Å². The van der Waals surface area contributed by atoms with Crippen molar-refractivity contribution in [1.82, 2.24) is 14.5 Å². The van der Waals surface area contributed by atoms with Crippen molar-refractivity contribution in [3.8, 4) is 0 Å². The molecule has 1 N–H and O–H groups in total. The fraction of sp³-hybridized carbons (Fsp3) is 0.389. The van der Waals surface area contributed by atoms with Crippen molar-refractivity contribution in [3.63, 3.8) is 0 Å². The first-order valence-corrected chi connectivity index (χ1v) is 9.13. The Morgan fingerprint density at radius 2 is 1.96 bits per heavy atom. The van der Waals surface area contributed by atoms with Crippen LogP contribution < -0.4 is 5.32 Å². The second-order valence-corrected chi connectivity index (χ2v) is 6.57. The number of rotatable bonds is 8. The molecule has 0 aliphatic carbocycles. The Bertz CT molecular complexity index is 729. The second kappa shape index (κ2) is 7.62. The summed E-state index contributed by atoms with van der Waals surface area (Å²) in [6.07, 6.45) is 0. The van der Waals surface area contributed by atoms with Crippen LogP contribution in [0.1, 0.15) is 18.7 Å². The predicted molar refractivity (Wildman–Crippen MR) is 99.2 cm³/mol. The number of hydrogen-bond acceptors (Lipinski definition) is 4. The third-order valence-corrected chi connectivity index (χ3v) is 5.07. The van der Waals surface area contributed by atoms with Crippen molar-refractivity contribution in [1.29, 1.82) is 0 Å². The highest BCUT2D eigenvalue weighted by Gasteiger charge is 2.11. The number of aromatic nitrogens is 2. The van der Waals surface area contributed by atoms with Crippen LogP contribution in [-0.2, 0) is 13.1 Å². The van der Waals surface area contributed by atoms with Gasteiger partial charge in [-0.15, -0.1) is 11.3 Å². The number of imidazole rings is 1. The summed E-state index contributed by atoms with van der Waals surface area (Å²) in [7, 11) is 0. The van der Waals surface area contributed by atoms with E-state index in [2.05, 4.69) is 64.3 Å². The Hall–Kier alpha value is -1.85. The summed E-state index contributed by atoms with van der Waals surface area (Å²) in [4.78, 5) is 8.55. The van der Waals surface area contributed by atoms with Crippen LogP contribution >= 0.6 is 11.3 Å². The van der Waals surface area contributed by atoms with Crippen molar-refractivity contribution in [3.05, 3.63) is 46.7 Å². The molecule has 4 nitrogen and oxygen atoms in total. The van der Waals surface area contributed by atoms with E-state index in [4.69, 9.17) is 4.98 Å². The van der Waals surface area contributed by atoms with Crippen LogP contribution in [0.3, 0.4) is 0 Å². The molecule has 23 heavy (non-hydrogen) atoms. The van der Waals surface area contributed by atoms with Gasteiger partial charge in [0.15, 0.2) is 0 Å². The van der Waals surface area contributed by atoms with Crippen LogP contribution in [0.25, 0.3) is 11.0 Å². The summed E-state index contributed by atoms with van der Waals surface area (Å²) in [6, 6.07) is 12.6. The second-order valence-electron chi connectivity index (χ2n) is 5.54.